The summed E-state index contributed by atoms with van der Waals surface area (Å²) >= 11 is 0. The number of imidazole rings is 1. The standard InChI is InChI=1S/C21H13F4N5O/c1-11-20(30-10-13(22)2-5-19(30)27-11)16-6-12(9-26)7-18(29-16)28-14-3-4-17(15(23)8-14)31-21(24)25/h2-8,10,21H,1H3,(H,28,29). The predicted molar refractivity (Wildman–Crippen MR) is 104 cm³/mol. The second-order valence-corrected chi connectivity index (χ2v) is 6.51. The van der Waals surface area contributed by atoms with Crippen LogP contribution in [0.3, 0.4) is 0 Å². The van der Waals surface area contributed by atoms with E-state index in [1.165, 1.54) is 40.9 Å². The van der Waals surface area contributed by atoms with Crippen molar-refractivity contribution >= 4 is 17.2 Å². The summed E-state index contributed by atoms with van der Waals surface area (Å²) in [4.78, 5) is 8.81. The Balaban J connectivity index is 1.75. The van der Waals surface area contributed by atoms with Crippen molar-refractivity contribution in [3.05, 3.63) is 71.6 Å². The second-order valence-electron chi connectivity index (χ2n) is 6.51. The van der Waals surface area contributed by atoms with Crippen molar-refractivity contribution in [2.24, 2.45) is 0 Å². The Bertz CT molecular complexity index is 1330. The number of fused-ring (bicyclic) bond motifs is 1. The van der Waals surface area contributed by atoms with Gasteiger partial charge in [0.1, 0.15) is 17.3 Å². The number of aryl methyl sites for hydroxylation is 1. The van der Waals surface area contributed by atoms with Gasteiger partial charge in [-0.3, -0.25) is 4.40 Å². The topological polar surface area (TPSA) is 75.2 Å². The number of aromatic nitrogens is 3. The zero-order valence-electron chi connectivity index (χ0n) is 15.9. The number of pyridine rings is 2. The van der Waals surface area contributed by atoms with Gasteiger partial charge in [-0.2, -0.15) is 14.0 Å². The average Bonchev–Trinajstić information content (AvgIpc) is 3.04. The Labute approximate surface area is 173 Å². The molecule has 0 aliphatic carbocycles. The molecule has 4 aromatic rings. The Morgan fingerprint density at radius 1 is 1.10 bits per heavy atom. The molecule has 1 aromatic carbocycles. The number of anilines is 2. The van der Waals surface area contributed by atoms with Crippen molar-refractivity contribution in [1.29, 1.82) is 5.26 Å². The van der Waals surface area contributed by atoms with Gasteiger partial charge < -0.3 is 10.1 Å². The van der Waals surface area contributed by atoms with Crippen molar-refractivity contribution in [3.63, 3.8) is 0 Å². The highest BCUT2D eigenvalue weighted by Crippen LogP contribution is 2.28. The third-order valence-corrected chi connectivity index (χ3v) is 4.37. The van der Waals surface area contributed by atoms with Crippen LogP contribution in [0.1, 0.15) is 11.3 Å². The van der Waals surface area contributed by atoms with Crippen LogP contribution in [0.15, 0.2) is 48.7 Å². The van der Waals surface area contributed by atoms with Crippen LogP contribution < -0.4 is 10.1 Å². The summed E-state index contributed by atoms with van der Waals surface area (Å²) in [7, 11) is 0. The number of ether oxygens (including phenoxy) is 1. The van der Waals surface area contributed by atoms with Crippen LogP contribution in [0, 0.1) is 29.9 Å². The van der Waals surface area contributed by atoms with E-state index in [-0.39, 0.29) is 17.1 Å². The van der Waals surface area contributed by atoms with Gasteiger partial charge in [0.05, 0.1) is 28.7 Å². The van der Waals surface area contributed by atoms with E-state index in [1.54, 1.807) is 6.92 Å². The molecule has 0 fully saturated rings. The van der Waals surface area contributed by atoms with E-state index >= 15 is 0 Å². The number of benzene rings is 1. The minimum Gasteiger partial charge on any atom is -0.432 e. The SMILES string of the molecule is Cc1nc2ccc(F)cn2c1-c1cc(C#N)cc(Nc2ccc(OC(F)F)c(F)c2)n1. The Morgan fingerprint density at radius 2 is 1.90 bits per heavy atom. The molecule has 0 amide bonds. The molecule has 0 saturated carbocycles. The van der Waals surface area contributed by atoms with E-state index in [9.17, 15) is 22.8 Å². The van der Waals surface area contributed by atoms with E-state index < -0.39 is 24.0 Å². The first-order chi connectivity index (χ1) is 14.8. The van der Waals surface area contributed by atoms with Crippen LogP contribution in [0.2, 0.25) is 0 Å². The largest absolute Gasteiger partial charge is 0.432 e. The van der Waals surface area contributed by atoms with Gasteiger partial charge in [-0.05, 0) is 43.3 Å². The summed E-state index contributed by atoms with van der Waals surface area (Å²) < 4.78 is 58.0. The smallest absolute Gasteiger partial charge is 0.387 e. The molecule has 6 nitrogen and oxygen atoms in total. The van der Waals surface area contributed by atoms with E-state index in [1.807, 2.05) is 6.07 Å². The Morgan fingerprint density at radius 3 is 2.61 bits per heavy atom. The number of nitrogens with one attached hydrogen (secondary N) is 1. The molecule has 3 heterocycles. The number of alkyl halides is 2. The van der Waals surface area contributed by atoms with E-state index in [4.69, 9.17) is 0 Å². The number of halogens is 4. The van der Waals surface area contributed by atoms with Gasteiger partial charge in [-0.1, -0.05) is 0 Å². The monoisotopic (exact) mass is 427 g/mol. The third kappa shape index (κ3) is 4.11. The van der Waals surface area contributed by atoms with E-state index in [0.717, 1.165) is 12.1 Å². The van der Waals surface area contributed by atoms with Crippen molar-refractivity contribution in [2.75, 3.05) is 5.32 Å². The first kappa shape index (κ1) is 20.2. The quantitative estimate of drug-likeness (QED) is 0.443. The molecule has 0 bridgehead atoms. The van der Waals surface area contributed by atoms with Crippen molar-refractivity contribution in [1.82, 2.24) is 14.4 Å². The van der Waals surface area contributed by atoms with E-state index in [2.05, 4.69) is 20.0 Å². The fraction of sp³-hybridized carbons (Fsp3) is 0.0952. The van der Waals surface area contributed by atoms with Crippen LogP contribution in [0.5, 0.6) is 5.75 Å². The van der Waals surface area contributed by atoms with Gasteiger partial charge >= 0.3 is 6.61 Å². The minimum absolute atomic E-state index is 0.196. The molecule has 10 heteroatoms. The average molecular weight is 427 g/mol. The van der Waals surface area contributed by atoms with Gasteiger partial charge in [0.25, 0.3) is 0 Å². The molecule has 1 N–H and O–H groups in total. The Kier molecular flexibility index (Phi) is 5.17. The van der Waals surface area contributed by atoms with Gasteiger partial charge in [-0.15, -0.1) is 0 Å². The van der Waals surface area contributed by atoms with Gasteiger partial charge in [0.15, 0.2) is 11.6 Å². The predicted octanol–water partition coefficient (Wildman–Crippen LogP) is 5.20. The zero-order chi connectivity index (χ0) is 22.1. The number of rotatable bonds is 5. The highest BCUT2D eigenvalue weighted by molar-refractivity contribution is 5.69. The van der Waals surface area contributed by atoms with Gasteiger partial charge in [0, 0.05) is 18.0 Å². The molecule has 0 atom stereocenters. The van der Waals surface area contributed by atoms with Crippen LogP contribution >= 0.6 is 0 Å². The minimum atomic E-state index is -3.15. The number of hydrogen-bond donors (Lipinski definition) is 1. The number of nitriles is 1. The van der Waals surface area contributed by atoms with Crippen molar-refractivity contribution < 1.29 is 22.3 Å². The summed E-state index contributed by atoms with van der Waals surface area (Å²) in [6.07, 6.45) is 1.26. The highest BCUT2D eigenvalue weighted by atomic mass is 19.3. The maximum absolute atomic E-state index is 14.0. The number of hydrogen-bond acceptors (Lipinski definition) is 5. The molecule has 0 aliphatic heterocycles. The van der Waals surface area contributed by atoms with Crippen LogP contribution in [0.4, 0.5) is 29.1 Å². The summed E-state index contributed by atoms with van der Waals surface area (Å²) in [6, 6.07) is 11.1. The Hall–Kier alpha value is -4.13. The highest BCUT2D eigenvalue weighted by Gasteiger charge is 2.16. The molecular weight excluding hydrogens is 414 g/mol. The molecule has 156 valence electrons. The maximum Gasteiger partial charge on any atom is 0.387 e. The molecule has 3 aromatic heterocycles. The fourth-order valence-electron chi connectivity index (χ4n) is 3.14. The normalized spacial score (nSPS) is 11.0. The summed E-state index contributed by atoms with van der Waals surface area (Å²) in [5, 5.41) is 12.2. The molecule has 0 radical (unpaired) electrons. The lowest BCUT2D eigenvalue weighted by molar-refractivity contribution is -0.0521. The molecule has 0 spiro atoms. The van der Waals surface area contributed by atoms with Crippen molar-refractivity contribution in [2.45, 2.75) is 13.5 Å². The fourth-order valence-corrected chi connectivity index (χ4v) is 3.14. The molecule has 0 saturated heterocycles. The molecule has 31 heavy (non-hydrogen) atoms. The lowest BCUT2D eigenvalue weighted by Crippen LogP contribution is -2.04. The first-order valence-electron chi connectivity index (χ1n) is 8.92. The molecule has 4 rings (SSSR count). The van der Waals surface area contributed by atoms with Gasteiger partial charge in [0.2, 0.25) is 0 Å². The van der Waals surface area contributed by atoms with Crippen LogP contribution in [-0.4, -0.2) is 21.0 Å². The van der Waals surface area contributed by atoms with Crippen molar-refractivity contribution in [3.8, 4) is 23.2 Å². The lowest BCUT2D eigenvalue weighted by atomic mass is 10.1. The first-order valence-corrected chi connectivity index (χ1v) is 8.92. The summed E-state index contributed by atoms with van der Waals surface area (Å²) in [5.41, 5.74) is 2.35. The maximum atomic E-state index is 14.0. The van der Waals surface area contributed by atoms with Crippen LogP contribution in [0.25, 0.3) is 17.0 Å². The molecule has 0 aliphatic rings. The molecule has 0 unspecified atom stereocenters. The summed E-state index contributed by atoms with van der Waals surface area (Å²) in [6.45, 7) is -1.42. The second kappa shape index (κ2) is 7.95. The lowest BCUT2D eigenvalue weighted by Gasteiger charge is -2.11. The van der Waals surface area contributed by atoms with Gasteiger partial charge in [-0.25, -0.2) is 18.7 Å². The van der Waals surface area contributed by atoms with E-state index in [0.29, 0.717) is 22.7 Å². The number of nitrogens with zero attached hydrogens (tertiary/aromatic N) is 4. The zero-order valence-corrected chi connectivity index (χ0v) is 15.9. The third-order valence-electron chi connectivity index (χ3n) is 4.37. The summed E-state index contributed by atoms with van der Waals surface area (Å²) in [5.74, 6) is -1.86. The molecular formula is C21H13F4N5O. The van der Waals surface area contributed by atoms with Crippen LogP contribution in [-0.2, 0) is 0 Å².